The molecule has 4 N–H and O–H groups in total. The van der Waals surface area contributed by atoms with E-state index in [2.05, 4.69) is 48.8 Å². The molecule has 0 radical (unpaired) electrons. The highest BCUT2D eigenvalue weighted by molar-refractivity contribution is 5.99. The van der Waals surface area contributed by atoms with Crippen molar-refractivity contribution in [2.24, 2.45) is 5.41 Å². The third-order valence-electron chi connectivity index (χ3n) is 9.53. The summed E-state index contributed by atoms with van der Waals surface area (Å²) in [6.07, 6.45) is 9.32. The van der Waals surface area contributed by atoms with Crippen LogP contribution in [-0.2, 0) is 4.79 Å². The number of hydrogen-bond donors (Lipinski definition) is 4. The first kappa shape index (κ1) is 50.4. The molecule has 0 atom stereocenters. The van der Waals surface area contributed by atoms with E-state index in [0.29, 0.717) is 43.1 Å². The highest BCUT2D eigenvalue weighted by Crippen LogP contribution is 2.37. The first-order chi connectivity index (χ1) is 30.6. The number of hydrogen-bond acceptors (Lipinski definition) is 10. The Kier molecular flexibility index (Phi) is 22.2. The molecule has 0 saturated heterocycles. The summed E-state index contributed by atoms with van der Waals surface area (Å²) in [6, 6.07) is 15.0. The Hall–Kier alpha value is -6.96. The second-order valence-electron chi connectivity index (χ2n) is 14.0. The van der Waals surface area contributed by atoms with Crippen LogP contribution in [0.25, 0.3) is 0 Å². The third-order valence-corrected chi connectivity index (χ3v) is 9.53. The number of rotatable bonds is 33. The van der Waals surface area contributed by atoms with Gasteiger partial charge in [-0.25, -0.2) is 0 Å². The maximum atomic E-state index is 13.5. The van der Waals surface area contributed by atoms with Crippen LogP contribution >= 0.6 is 0 Å². The number of carboxylic acids is 1. The normalized spacial score (nSPS) is 10.6. The Morgan fingerprint density at radius 1 is 0.508 bits per heavy atom. The molecule has 0 aromatic heterocycles. The monoisotopic (exact) mass is 867 g/mol. The predicted octanol–water partition coefficient (Wildman–Crippen LogP) is 7.91. The first-order valence-corrected chi connectivity index (χ1v) is 20.9. The van der Waals surface area contributed by atoms with Crippen molar-refractivity contribution in [3.8, 4) is 34.5 Å². The standard InChI is InChI=1S/C49H61N3O11/c1-7-31-59-40-23-14-20-37(43(40)62-34-10-4)46(54)51-29-17-26-49(48(56)57,25-16-28-50-45(53)36-19-13-22-39(58-12-6)42(36)61-33-9-3)27-18-30-52-47(55)38-21-15-24-41(60-32-8-2)44(38)63-35-11-5/h7-11,13-15,19-24H,1-5,12,16-18,25-35H2,6H3,(H,50,53)(H,51,54)(H,52,55)(H,56,57). The van der Waals surface area contributed by atoms with Gasteiger partial charge in [-0.1, -0.05) is 81.5 Å². The van der Waals surface area contributed by atoms with E-state index < -0.39 is 29.1 Å². The van der Waals surface area contributed by atoms with Crippen LogP contribution in [0.3, 0.4) is 0 Å². The molecule has 3 aromatic rings. The summed E-state index contributed by atoms with van der Waals surface area (Å²) in [6.45, 7) is 21.9. The zero-order valence-electron chi connectivity index (χ0n) is 36.3. The summed E-state index contributed by atoms with van der Waals surface area (Å²) in [5.41, 5.74) is -0.517. The summed E-state index contributed by atoms with van der Waals surface area (Å²) in [4.78, 5) is 53.6. The zero-order chi connectivity index (χ0) is 45.9. The number of carboxylic acid groups (broad SMARTS) is 1. The van der Waals surface area contributed by atoms with Crippen LogP contribution in [0, 0.1) is 5.41 Å². The number of nitrogens with one attached hydrogen (secondary N) is 3. The minimum absolute atomic E-state index is 0.140. The summed E-state index contributed by atoms with van der Waals surface area (Å²) in [5, 5.41) is 19.5. The summed E-state index contributed by atoms with van der Waals surface area (Å²) in [5.74, 6) is -0.362. The average Bonchev–Trinajstić information content (AvgIpc) is 3.29. The molecule has 14 heteroatoms. The van der Waals surface area contributed by atoms with E-state index in [4.69, 9.17) is 28.4 Å². The van der Waals surface area contributed by atoms with Crippen molar-refractivity contribution in [2.75, 3.05) is 59.3 Å². The van der Waals surface area contributed by atoms with E-state index in [-0.39, 0.29) is 106 Å². The van der Waals surface area contributed by atoms with Crippen molar-refractivity contribution in [1.29, 1.82) is 0 Å². The number of carbonyl (C=O) groups is 4. The maximum Gasteiger partial charge on any atom is 0.309 e. The molecule has 63 heavy (non-hydrogen) atoms. The topological polar surface area (TPSA) is 180 Å². The van der Waals surface area contributed by atoms with Crippen LogP contribution in [0.15, 0.2) is 118 Å². The van der Waals surface area contributed by atoms with Gasteiger partial charge >= 0.3 is 5.97 Å². The Balaban J connectivity index is 1.78. The summed E-state index contributed by atoms with van der Waals surface area (Å²) >= 11 is 0. The lowest BCUT2D eigenvalue weighted by molar-refractivity contribution is -0.150. The van der Waals surface area contributed by atoms with Crippen LogP contribution in [0.5, 0.6) is 34.5 Å². The molecule has 0 aliphatic rings. The molecule has 0 spiro atoms. The van der Waals surface area contributed by atoms with E-state index in [1.54, 1.807) is 85.0 Å². The molecule has 0 saturated carbocycles. The minimum atomic E-state index is -1.28. The lowest BCUT2D eigenvalue weighted by atomic mass is 9.75. The van der Waals surface area contributed by atoms with Crippen LogP contribution in [0.2, 0.25) is 0 Å². The van der Waals surface area contributed by atoms with Gasteiger partial charge in [-0.05, 0) is 81.8 Å². The van der Waals surface area contributed by atoms with Crippen LogP contribution in [0.4, 0.5) is 0 Å². The smallest absolute Gasteiger partial charge is 0.309 e. The molecule has 14 nitrogen and oxygen atoms in total. The Labute approximate surface area is 370 Å². The predicted molar refractivity (Wildman–Crippen MR) is 244 cm³/mol. The van der Waals surface area contributed by atoms with E-state index in [1.807, 2.05) is 6.92 Å². The van der Waals surface area contributed by atoms with Crippen molar-refractivity contribution >= 4 is 23.7 Å². The molecular formula is C49H61N3O11. The molecule has 0 bridgehead atoms. The van der Waals surface area contributed by atoms with Crippen molar-refractivity contribution in [1.82, 2.24) is 16.0 Å². The zero-order valence-corrected chi connectivity index (χ0v) is 36.3. The van der Waals surface area contributed by atoms with E-state index in [9.17, 15) is 24.3 Å². The van der Waals surface area contributed by atoms with Gasteiger partial charge in [0.05, 0.1) is 28.7 Å². The van der Waals surface area contributed by atoms with Gasteiger partial charge in [0.2, 0.25) is 0 Å². The number of aliphatic carboxylic acids is 1. The molecule has 3 rings (SSSR count). The number of amides is 3. The van der Waals surface area contributed by atoms with Gasteiger partial charge in [0.15, 0.2) is 34.5 Å². The number of ether oxygens (including phenoxy) is 6. The van der Waals surface area contributed by atoms with Crippen molar-refractivity contribution in [3.05, 3.63) is 135 Å². The van der Waals surface area contributed by atoms with Gasteiger partial charge in [0.25, 0.3) is 17.7 Å². The van der Waals surface area contributed by atoms with Crippen molar-refractivity contribution in [2.45, 2.75) is 45.4 Å². The van der Waals surface area contributed by atoms with Crippen molar-refractivity contribution < 1.29 is 52.7 Å². The second kappa shape index (κ2) is 27.8. The number of benzene rings is 3. The van der Waals surface area contributed by atoms with Crippen molar-refractivity contribution in [3.63, 3.8) is 0 Å². The molecule has 3 amide bonds. The number of carbonyl (C=O) groups excluding carboxylic acids is 3. The lowest BCUT2D eigenvalue weighted by Crippen LogP contribution is -2.35. The molecule has 0 aliphatic carbocycles. The van der Waals surface area contributed by atoms with E-state index in [1.165, 1.54) is 0 Å². The minimum Gasteiger partial charge on any atom is -0.490 e. The second-order valence-corrected chi connectivity index (χ2v) is 14.0. The Morgan fingerprint density at radius 2 is 0.810 bits per heavy atom. The largest absolute Gasteiger partial charge is 0.490 e. The first-order valence-electron chi connectivity index (χ1n) is 20.9. The Morgan fingerprint density at radius 3 is 1.10 bits per heavy atom. The average molecular weight is 868 g/mol. The fourth-order valence-electron chi connectivity index (χ4n) is 6.62. The van der Waals surface area contributed by atoms with Gasteiger partial charge in [-0.15, -0.1) is 0 Å². The molecule has 0 fully saturated rings. The van der Waals surface area contributed by atoms with Crippen LogP contribution in [-0.4, -0.2) is 88.1 Å². The lowest BCUT2D eigenvalue weighted by Gasteiger charge is -2.30. The molecular weight excluding hydrogens is 807 g/mol. The van der Waals surface area contributed by atoms with Gasteiger partial charge in [-0.2, -0.15) is 0 Å². The van der Waals surface area contributed by atoms with E-state index in [0.717, 1.165) is 0 Å². The van der Waals surface area contributed by atoms with Gasteiger partial charge < -0.3 is 49.5 Å². The molecule has 3 aromatic carbocycles. The molecule has 0 unspecified atom stereocenters. The number of para-hydroxylation sites is 3. The van der Waals surface area contributed by atoms with Gasteiger partial charge in [0, 0.05) is 19.6 Å². The quantitative estimate of drug-likeness (QED) is 0.0345. The fourth-order valence-corrected chi connectivity index (χ4v) is 6.62. The highest BCUT2D eigenvalue weighted by atomic mass is 16.5. The molecule has 0 heterocycles. The summed E-state index contributed by atoms with van der Waals surface area (Å²) < 4.78 is 34.5. The van der Waals surface area contributed by atoms with Gasteiger partial charge in [-0.3, -0.25) is 19.2 Å². The van der Waals surface area contributed by atoms with Crippen LogP contribution < -0.4 is 44.4 Å². The maximum absolute atomic E-state index is 13.5. The third kappa shape index (κ3) is 15.5. The van der Waals surface area contributed by atoms with E-state index >= 15 is 0 Å². The molecule has 0 aliphatic heterocycles. The van der Waals surface area contributed by atoms with Gasteiger partial charge in [0.1, 0.15) is 33.0 Å². The highest BCUT2D eigenvalue weighted by Gasteiger charge is 2.37. The Bertz CT molecular complexity index is 1940. The summed E-state index contributed by atoms with van der Waals surface area (Å²) in [7, 11) is 0. The van der Waals surface area contributed by atoms with Crippen LogP contribution in [0.1, 0.15) is 76.5 Å². The fraction of sp³-hybridized carbons (Fsp3) is 0.347. The SMILES string of the molecule is C=CCOc1cccc(C(=O)NCCCC(CCCNC(=O)c2cccc(OCC)c2OCC=C)(CCCNC(=O)c2cccc(OCC=C)c2OCC=C)C(=O)O)c1OCC=C. The molecule has 338 valence electrons.